The Hall–Kier alpha value is -4.10. The van der Waals surface area contributed by atoms with E-state index in [9.17, 15) is 10.1 Å². The normalized spacial score (nSPS) is 11.2. The van der Waals surface area contributed by atoms with Crippen LogP contribution in [0.5, 0.6) is 0 Å². The first-order valence-corrected chi connectivity index (χ1v) is 9.80. The number of nitrogens with zero attached hydrogens (tertiary/aromatic N) is 2. The van der Waals surface area contributed by atoms with E-state index in [0.29, 0.717) is 6.54 Å². The number of nitriles is 1. The van der Waals surface area contributed by atoms with Gasteiger partial charge in [-0.1, -0.05) is 78.9 Å². The van der Waals surface area contributed by atoms with Crippen molar-refractivity contribution >= 4 is 22.9 Å². The van der Waals surface area contributed by atoms with Crippen LogP contribution in [0.2, 0.25) is 0 Å². The second-order valence-corrected chi connectivity index (χ2v) is 7.05. The predicted octanol–water partition coefficient (Wildman–Crippen LogP) is 4.91. The third-order valence-electron chi connectivity index (χ3n) is 4.98. The van der Waals surface area contributed by atoms with Crippen LogP contribution in [0.15, 0.2) is 96.7 Å². The Morgan fingerprint density at radius 1 is 0.900 bits per heavy atom. The van der Waals surface area contributed by atoms with Crippen molar-refractivity contribution in [3.05, 3.63) is 113 Å². The number of carbonyl (C=O) groups excluding carboxylic acids is 1. The largest absolute Gasteiger partial charge is 0.347 e. The topological polar surface area (TPSA) is 57.8 Å². The number of rotatable bonds is 6. The summed E-state index contributed by atoms with van der Waals surface area (Å²) in [7, 11) is 0. The maximum atomic E-state index is 12.6. The molecule has 0 atom stereocenters. The quantitative estimate of drug-likeness (QED) is 0.375. The van der Waals surface area contributed by atoms with Crippen LogP contribution in [0.3, 0.4) is 0 Å². The Bertz CT molecular complexity index is 1230. The molecule has 4 heteroatoms. The molecule has 146 valence electrons. The lowest BCUT2D eigenvalue weighted by molar-refractivity contribution is -0.117. The van der Waals surface area contributed by atoms with Crippen molar-refractivity contribution in [2.24, 2.45) is 0 Å². The fraction of sp³-hybridized carbons (Fsp3) is 0.0769. The number of carbonyl (C=O) groups is 1. The van der Waals surface area contributed by atoms with Crippen LogP contribution >= 0.6 is 0 Å². The van der Waals surface area contributed by atoms with E-state index in [-0.39, 0.29) is 11.5 Å². The summed E-state index contributed by atoms with van der Waals surface area (Å²) in [5.41, 5.74) is 4.19. The molecule has 3 aromatic carbocycles. The van der Waals surface area contributed by atoms with Gasteiger partial charge in [0.2, 0.25) is 0 Å². The van der Waals surface area contributed by atoms with Gasteiger partial charge in [-0.3, -0.25) is 4.79 Å². The summed E-state index contributed by atoms with van der Waals surface area (Å²) >= 11 is 0. The Labute approximate surface area is 175 Å². The van der Waals surface area contributed by atoms with E-state index in [4.69, 9.17) is 0 Å². The SMILES string of the molecule is N#C/C(=C/c1cn(Cc2ccccc2)c2ccccc12)C(=O)NCc1ccccc1. The molecule has 4 aromatic rings. The third kappa shape index (κ3) is 4.31. The molecule has 0 aliphatic carbocycles. The van der Waals surface area contributed by atoms with Crippen molar-refractivity contribution in [3.63, 3.8) is 0 Å². The first-order chi connectivity index (χ1) is 14.7. The fourth-order valence-electron chi connectivity index (χ4n) is 3.48. The number of fused-ring (bicyclic) bond motifs is 1. The van der Waals surface area contributed by atoms with Gasteiger partial charge in [0.25, 0.3) is 5.91 Å². The first kappa shape index (κ1) is 19.2. The highest BCUT2D eigenvalue weighted by Crippen LogP contribution is 2.24. The van der Waals surface area contributed by atoms with Crippen molar-refractivity contribution in [2.75, 3.05) is 0 Å². The lowest BCUT2D eigenvalue weighted by atomic mass is 10.1. The summed E-state index contributed by atoms with van der Waals surface area (Å²) in [6.07, 6.45) is 3.67. The van der Waals surface area contributed by atoms with Crippen LogP contribution in [0.25, 0.3) is 17.0 Å². The highest BCUT2D eigenvalue weighted by Gasteiger charge is 2.12. The predicted molar refractivity (Wildman–Crippen MR) is 119 cm³/mol. The highest BCUT2D eigenvalue weighted by molar-refractivity contribution is 6.04. The van der Waals surface area contributed by atoms with Crippen LogP contribution < -0.4 is 5.32 Å². The molecule has 0 fully saturated rings. The van der Waals surface area contributed by atoms with Gasteiger partial charge in [-0.2, -0.15) is 5.26 Å². The first-order valence-electron chi connectivity index (χ1n) is 9.80. The van der Waals surface area contributed by atoms with Crippen LogP contribution in [-0.2, 0) is 17.9 Å². The zero-order chi connectivity index (χ0) is 20.8. The molecule has 0 saturated carbocycles. The maximum Gasteiger partial charge on any atom is 0.262 e. The van der Waals surface area contributed by atoms with Crippen LogP contribution in [0.4, 0.5) is 0 Å². The lowest BCUT2D eigenvalue weighted by Gasteiger charge is -2.05. The number of hydrogen-bond acceptors (Lipinski definition) is 2. The molecule has 1 amide bonds. The Balaban J connectivity index is 1.62. The van der Waals surface area contributed by atoms with Gasteiger partial charge >= 0.3 is 0 Å². The average molecular weight is 391 g/mol. The molecule has 0 unspecified atom stereocenters. The average Bonchev–Trinajstić information content (AvgIpc) is 3.14. The van der Waals surface area contributed by atoms with E-state index in [2.05, 4.69) is 34.2 Å². The zero-order valence-electron chi connectivity index (χ0n) is 16.5. The molecule has 4 rings (SSSR count). The fourth-order valence-corrected chi connectivity index (χ4v) is 3.48. The van der Waals surface area contributed by atoms with Crippen LogP contribution in [0.1, 0.15) is 16.7 Å². The number of benzene rings is 3. The summed E-state index contributed by atoms with van der Waals surface area (Å²) in [5, 5.41) is 13.4. The molecule has 1 N–H and O–H groups in total. The second kappa shape index (κ2) is 8.93. The minimum absolute atomic E-state index is 0.0912. The lowest BCUT2D eigenvalue weighted by Crippen LogP contribution is -2.23. The van der Waals surface area contributed by atoms with Crippen LogP contribution in [0, 0.1) is 11.3 Å². The molecular formula is C26H21N3O. The van der Waals surface area contributed by atoms with E-state index in [0.717, 1.165) is 28.6 Å². The third-order valence-corrected chi connectivity index (χ3v) is 4.98. The van der Waals surface area contributed by atoms with Gasteiger partial charge in [-0.25, -0.2) is 0 Å². The maximum absolute atomic E-state index is 12.6. The van der Waals surface area contributed by atoms with E-state index in [1.165, 1.54) is 5.56 Å². The molecule has 1 aromatic heterocycles. The van der Waals surface area contributed by atoms with Gasteiger partial charge in [0, 0.05) is 35.8 Å². The van der Waals surface area contributed by atoms with Crippen molar-refractivity contribution in [1.82, 2.24) is 9.88 Å². The van der Waals surface area contributed by atoms with Crippen LogP contribution in [-0.4, -0.2) is 10.5 Å². The zero-order valence-corrected chi connectivity index (χ0v) is 16.5. The molecule has 0 aliphatic heterocycles. The summed E-state index contributed by atoms with van der Waals surface area (Å²) in [5.74, 6) is -0.374. The Kier molecular flexibility index (Phi) is 5.73. The van der Waals surface area contributed by atoms with Gasteiger partial charge in [-0.05, 0) is 23.3 Å². The second-order valence-electron chi connectivity index (χ2n) is 7.05. The molecule has 0 bridgehead atoms. The summed E-state index contributed by atoms with van der Waals surface area (Å²) in [6, 6.07) is 29.9. The number of aromatic nitrogens is 1. The van der Waals surface area contributed by atoms with Crippen molar-refractivity contribution in [1.29, 1.82) is 5.26 Å². The molecule has 0 saturated heterocycles. The highest BCUT2D eigenvalue weighted by atomic mass is 16.1. The molecule has 0 radical (unpaired) electrons. The standard InChI is InChI=1S/C26H21N3O/c27-16-22(26(30)28-17-20-9-3-1-4-10-20)15-23-19-29(18-21-11-5-2-6-12-21)25-14-8-7-13-24(23)25/h1-15,19H,17-18H2,(H,28,30)/b22-15-. The summed E-state index contributed by atoms with van der Waals surface area (Å²) in [4.78, 5) is 12.6. The van der Waals surface area contributed by atoms with Gasteiger partial charge in [0.1, 0.15) is 11.6 Å². The molecule has 0 aliphatic rings. The van der Waals surface area contributed by atoms with Gasteiger partial charge < -0.3 is 9.88 Å². The summed E-state index contributed by atoms with van der Waals surface area (Å²) < 4.78 is 2.15. The van der Waals surface area contributed by atoms with E-state index < -0.39 is 0 Å². The number of nitrogens with one attached hydrogen (secondary N) is 1. The molecule has 0 spiro atoms. The Morgan fingerprint density at radius 3 is 2.23 bits per heavy atom. The minimum Gasteiger partial charge on any atom is -0.347 e. The molecule has 1 heterocycles. The molecule has 4 nitrogen and oxygen atoms in total. The van der Waals surface area contributed by atoms with Gasteiger partial charge in [0.15, 0.2) is 0 Å². The summed E-state index contributed by atoms with van der Waals surface area (Å²) in [6.45, 7) is 1.10. The number of para-hydroxylation sites is 1. The van der Waals surface area contributed by atoms with Crippen molar-refractivity contribution in [3.8, 4) is 6.07 Å². The molecular weight excluding hydrogens is 370 g/mol. The van der Waals surface area contributed by atoms with E-state index in [1.807, 2.05) is 72.9 Å². The van der Waals surface area contributed by atoms with Gasteiger partial charge in [0.05, 0.1) is 0 Å². The molecule has 30 heavy (non-hydrogen) atoms. The Morgan fingerprint density at radius 2 is 1.53 bits per heavy atom. The number of amides is 1. The van der Waals surface area contributed by atoms with Gasteiger partial charge in [-0.15, -0.1) is 0 Å². The van der Waals surface area contributed by atoms with Crippen molar-refractivity contribution < 1.29 is 4.79 Å². The monoisotopic (exact) mass is 391 g/mol. The van der Waals surface area contributed by atoms with E-state index in [1.54, 1.807) is 6.08 Å². The number of hydrogen-bond donors (Lipinski definition) is 1. The minimum atomic E-state index is -0.374. The smallest absolute Gasteiger partial charge is 0.262 e. The van der Waals surface area contributed by atoms with E-state index >= 15 is 0 Å². The van der Waals surface area contributed by atoms with Crippen molar-refractivity contribution in [2.45, 2.75) is 13.1 Å².